The van der Waals surface area contributed by atoms with Gasteiger partial charge in [0.15, 0.2) is 0 Å². The van der Waals surface area contributed by atoms with Crippen LogP contribution in [0.1, 0.15) is 35.8 Å². The highest BCUT2D eigenvalue weighted by Gasteiger charge is 2.37. The van der Waals surface area contributed by atoms with E-state index >= 15 is 0 Å². The molecule has 4 heterocycles. The maximum Gasteiger partial charge on any atom is 0.272 e. The number of para-hydroxylation sites is 1. The molecule has 3 aliphatic heterocycles. The van der Waals surface area contributed by atoms with Crippen molar-refractivity contribution in [3.8, 4) is 5.75 Å². The summed E-state index contributed by atoms with van der Waals surface area (Å²) in [6.07, 6.45) is 4.03. The summed E-state index contributed by atoms with van der Waals surface area (Å²) in [7, 11) is 0. The molecule has 0 N–H and O–H groups in total. The first-order valence-corrected chi connectivity index (χ1v) is 9.89. The van der Waals surface area contributed by atoms with Gasteiger partial charge in [0.25, 0.3) is 5.91 Å². The van der Waals surface area contributed by atoms with Gasteiger partial charge in [0.1, 0.15) is 11.4 Å². The van der Waals surface area contributed by atoms with Crippen LogP contribution in [0.4, 0.5) is 0 Å². The van der Waals surface area contributed by atoms with E-state index in [0.29, 0.717) is 24.3 Å². The van der Waals surface area contributed by atoms with Crippen molar-refractivity contribution < 1.29 is 9.53 Å². The Kier molecular flexibility index (Phi) is 5.39. The van der Waals surface area contributed by atoms with Crippen LogP contribution in [0.2, 0.25) is 0 Å². The number of amides is 1. The molecule has 3 fully saturated rings. The average molecular weight is 365 g/mol. The molecular weight excluding hydrogens is 338 g/mol. The van der Waals surface area contributed by atoms with E-state index in [2.05, 4.69) is 22.0 Å². The molecule has 0 unspecified atom stereocenters. The van der Waals surface area contributed by atoms with Crippen molar-refractivity contribution in [1.29, 1.82) is 0 Å². The number of benzene rings is 1. The second-order valence-corrected chi connectivity index (χ2v) is 7.49. The first-order chi connectivity index (χ1) is 13.2. The topological polar surface area (TPSA) is 45.7 Å². The molecule has 0 saturated carbocycles. The van der Waals surface area contributed by atoms with Crippen LogP contribution < -0.4 is 4.74 Å². The fourth-order valence-corrected chi connectivity index (χ4v) is 4.34. The van der Waals surface area contributed by atoms with Crippen molar-refractivity contribution in [1.82, 2.24) is 14.8 Å². The standard InChI is InChI=1S/C22H27N3O2/c1-2-27-21-9-4-3-7-18(21)15-24-13-17-10-11-19(24)16-25(14-17)22(26)20-8-5-6-12-23-20/h3-9,12,17,19H,2,10-11,13-16H2,1H3/t17-,19-/m1/s1. The van der Waals surface area contributed by atoms with Crippen LogP contribution in [0.15, 0.2) is 48.7 Å². The molecule has 2 aromatic rings. The summed E-state index contributed by atoms with van der Waals surface area (Å²) in [6, 6.07) is 14.2. The molecule has 1 aromatic carbocycles. The van der Waals surface area contributed by atoms with Crippen LogP contribution in [-0.2, 0) is 6.54 Å². The minimum atomic E-state index is 0.0593. The average Bonchev–Trinajstić information content (AvgIpc) is 3.02. The summed E-state index contributed by atoms with van der Waals surface area (Å²) >= 11 is 0. The van der Waals surface area contributed by atoms with Crippen LogP contribution in [0.5, 0.6) is 5.75 Å². The number of hydrogen-bond acceptors (Lipinski definition) is 4. The molecule has 3 aliphatic rings. The third kappa shape index (κ3) is 3.98. The Bertz CT molecular complexity index is 780. The molecule has 142 valence electrons. The van der Waals surface area contributed by atoms with Crippen molar-refractivity contribution in [2.45, 2.75) is 32.4 Å². The summed E-state index contributed by atoms with van der Waals surface area (Å²) in [4.78, 5) is 21.7. The fraction of sp³-hybridized carbons (Fsp3) is 0.455. The van der Waals surface area contributed by atoms with Gasteiger partial charge in [0.2, 0.25) is 0 Å². The molecule has 0 radical (unpaired) electrons. The van der Waals surface area contributed by atoms with Crippen molar-refractivity contribution in [3.05, 3.63) is 59.9 Å². The van der Waals surface area contributed by atoms with E-state index in [9.17, 15) is 4.79 Å². The zero-order valence-electron chi connectivity index (χ0n) is 15.9. The van der Waals surface area contributed by atoms with Gasteiger partial charge in [-0.2, -0.15) is 0 Å². The molecular formula is C22H27N3O2. The minimum Gasteiger partial charge on any atom is -0.494 e. The molecule has 5 heteroatoms. The third-order valence-corrected chi connectivity index (χ3v) is 5.64. The zero-order valence-corrected chi connectivity index (χ0v) is 15.9. The summed E-state index contributed by atoms with van der Waals surface area (Å²) < 4.78 is 5.81. The fourth-order valence-electron chi connectivity index (χ4n) is 4.34. The number of fused-ring (bicyclic) bond motifs is 4. The number of hydrogen-bond donors (Lipinski definition) is 0. The lowest BCUT2D eigenvalue weighted by Crippen LogP contribution is -2.44. The summed E-state index contributed by atoms with van der Waals surface area (Å²) in [5, 5.41) is 0. The van der Waals surface area contributed by atoms with Crippen LogP contribution in [-0.4, -0.2) is 53.0 Å². The Balaban J connectivity index is 1.50. The number of pyridine rings is 1. The monoisotopic (exact) mass is 365 g/mol. The molecule has 1 amide bonds. The Labute approximate surface area is 161 Å². The smallest absolute Gasteiger partial charge is 0.272 e. The lowest BCUT2D eigenvalue weighted by Gasteiger charge is -2.36. The van der Waals surface area contributed by atoms with Crippen LogP contribution in [0.3, 0.4) is 0 Å². The van der Waals surface area contributed by atoms with Gasteiger partial charge >= 0.3 is 0 Å². The molecule has 0 spiro atoms. The van der Waals surface area contributed by atoms with Crippen molar-refractivity contribution in [2.75, 3.05) is 26.2 Å². The summed E-state index contributed by atoms with van der Waals surface area (Å²) in [6.45, 7) is 6.22. The number of nitrogens with zero attached hydrogens (tertiary/aromatic N) is 3. The molecule has 5 rings (SSSR count). The van der Waals surface area contributed by atoms with E-state index in [1.165, 1.54) is 12.0 Å². The van der Waals surface area contributed by atoms with Crippen molar-refractivity contribution in [2.24, 2.45) is 5.92 Å². The van der Waals surface area contributed by atoms with Crippen LogP contribution >= 0.6 is 0 Å². The second kappa shape index (κ2) is 8.09. The van der Waals surface area contributed by atoms with E-state index in [1.54, 1.807) is 6.20 Å². The van der Waals surface area contributed by atoms with Gasteiger partial charge in [-0.25, -0.2) is 0 Å². The highest BCUT2D eigenvalue weighted by Crippen LogP contribution is 2.31. The molecule has 2 atom stereocenters. The van der Waals surface area contributed by atoms with E-state index in [1.807, 2.05) is 42.2 Å². The number of piperidine rings is 1. The van der Waals surface area contributed by atoms with Gasteiger partial charge in [-0.15, -0.1) is 0 Å². The Morgan fingerprint density at radius 1 is 1.11 bits per heavy atom. The molecule has 3 saturated heterocycles. The van der Waals surface area contributed by atoms with Gasteiger partial charge < -0.3 is 9.64 Å². The predicted octanol–water partition coefficient (Wildman–Crippen LogP) is 3.22. The number of carbonyl (C=O) groups excluding carboxylic acids is 1. The number of carbonyl (C=O) groups is 1. The van der Waals surface area contributed by atoms with Gasteiger partial charge in [-0.1, -0.05) is 24.3 Å². The van der Waals surface area contributed by atoms with E-state index in [0.717, 1.165) is 38.3 Å². The normalized spacial score (nSPS) is 22.5. The van der Waals surface area contributed by atoms with Gasteiger partial charge in [-0.3, -0.25) is 14.7 Å². The molecule has 0 aliphatic carbocycles. The van der Waals surface area contributed by atoms with Crippen LogP contribution in [0.25, 0.3) is 0 Å². The number of ether oxygens (including phenoxy) is 1. The summed E-state index contributed by atoms with van der Waals surface area (Å²) in [5.41, 5.74) is 1.78. The number of rotatable bonds is 5. The lowest BCUT2D eigenvalue weighted by molar-refractivity contribution is 0.0729. The SMILES string of the molecule is CCOc1ccccc1CN1C[C@H]2CC[C@@H]1CN(C(=O)c1ccccn1)C2. The molecule has 5 nitrogen and oxygen atoms in total. The minimum absolute atomic E-state index is 0.0593. The number of aromatic nitrogens is 1. The van der Waals surface area contributed by atoms with Crippen molar-refractivity contribution >= 4 is 5.91 Å². The van der Waals surface area contributed by atoms with E-state index in [-0.39, 0.29) is 5.91 Å². The Hall–Kier alpha value is -2.40. The predicted molar refractivity (Wildman–Crippen MR) is 105 cm³/mol. The van der Waals surface area contributed by atoms with Gasteiger partial charge in [0, 0.05) is 44.0 Å². The highest BCUT2D eigenvalue weighted by molar-refractivity contribution is 5.92. The Morgan fingerprint density at radius 3 is 2.78 bits per heavy atom. The van der Waals surface area contributed by atoms with Gasteiger partial charge in [-0.05, 0) is 43.9 Å². The first kappa shape index (κ1) is 18.0. The highest BCUT2D eigenvalue weighted by atomic mass is 16.5. The van der Waals surface area contributed by atoms with E-state index in [4.69, 9.17) is 4.74 Å². The Morgan fingerprint density at radius 2 is 1.96 bits per heavy atom. The van der Waals surface area contributed by atoms with E-state index < -0.39 is 0 Å². The second-order valence-electron chi connectivity index (χ2n) is 7.49. The third-order valence-electron chi connectivity index (χ3n) is 5.64. The quantitative estimate of drug-likeness (QED) is 0.816. The van der Waals surface area contributed by atoms with Crippen molar-refractivity contribution in [3.63, 3.8) is 0 Å². The molecule has 2 bridgehead atoms. The maximum absolute atomic E-state index is 12.9. The van der Waals surface area contributed by atoms with Gasteiger partial charge in [0.05, 0.1) is 6.61 Å². The zero-order chi connectivity index (χ0) is 18.6. The largest absolute Gasteiger partial charge is 0.494 e. The maximum atomic E-state index is 12.9. The summed E-state index contributed by atoms with van der Waals surface area (Å²) in [5.74, 6) is 1.56. The molecule has 1 aromatic heterocycles. The lowest BCUT2D eigenvalue weighted by atomic mass is 9.94. The van der Waals surface area contributed by atoms with Crippen LogP contribution in [0, 0.1) is 5.92 Å². The first-order valence-electron chi connectivity index (χ1n) is 9.89. The molecule has 27 heavy (non-hydrogen) atoms.